The number of carbonyl (C=O) groups is 2. The van der Waals surface area contributed by atoms with Gasteiger partial charge in [0.05, 0.1) is 0 Å². The molecule has 0 radical (unpaired) electrons. The molecule has 2 aliphatic rings. The molecule has 1 heterocycles. The quantitative estimate of drug-likeness (QED) is 0.591. The van der Waals surface area contributed by atoms with Crippen LogP contribution in [0.15, 0.2) is 0 Å². The van der Waals surface area contributed by atoms with Crippen LogP contribution in [0.4, 0.5) is 4.79 Å². The Bertz CT molecular complexity index is 396. The molecule has 1 saturated carbocycles. The molecule has 138 valence electrons. The van der Waals surface area contributed by atoms with Crippen molar-refractivity contribution in [1.82, 2.24) is 15.5 Å². The van der Waals surface area contributed by atoms with Crippen LogP contribution in [0, 0.1) is 5.92 Å². The number of urea groups is 1. The van der Waals surface area contributed by atoms with Gasteiger partial charge in [-0.15, -0.1) is 0 Å². The second-order valence-corrected chi connectivity index (χ2v) is 7.28. The van der Waals surface area contributed by atoms with Crippen molar-refractivity contribution in [2.45, 2.75) is 70.3 Å². The normalized spacial score (nSPS) is 21.7. The molecule has 0 bridgehead atoms. The van der Waals surface area contributed by atoms with Crippen LogP contribution in [-0.2, 0) is 4.79 Å². The topological polar surface area (TPSA) is 87.5 Å². The highest BCUT2D eigenvalue weighted by atomic mass is 16.2. The van der Waals surface area contributed by atoms with Crippen molar-refractivity contribution in [2.24, 2.45) is 11.7 Å². The largest absolute Gasteiger partial charge is 0.342 e. The number of nitrogens with two attached hydrogens (primary N) is 1. The summed E-state index contributed by atoms with van der Waals surface area (Å²) in [6, 6.07) is 0.317. The van der Waals surface area contributed by atoms with Crippen LogP contribution >= 0.6 is 0 Å². The third-order valence-corrected chi connectivity index (χ3v) is 5.27. The summed E-state index contributed by atoms with van der Waals surface area (Å²) >= 11 is 0. The number of hydrogen-bond acceptors (Lipinski definition) is 3. The Labute approximate surface area is 145 Å². The molecule has 1 aliphatic heterocycles. The first kappa shape index (κ1) is 19.0. The highest BCUT2D eigenvalue weighted by Crippen LogP contribution is 2.17. The smallest absolute Gasteiger partial charge is 0.315 e. The first-order chi connectivity index (χ1) is 11.7. The number of carbonyl (C=O) groups excluding carboxylic acids is 2. The third kappa shape index (κ3) is 6.67. The summed E-state index contributed by atoms with van der Waals surface area (Å²) in [6.07, 6.45) is 10.4. The van der Waals surface area contributed by atoms with Crippen LogP contribution in [0.5, 0.6) is 0 Å². The van der Waals surface area contributed by atoms with Crippen molar-refractivity contribution in [3.05, 3.63) is 0 Å². The van der Waals surface area contributed by atoms with Gasteiger partial charge in [-0.2, -0.15) is 0 Å². The zero-order valence-corrected chi connectivity index (χ0v) is 14.9. The highest BCUT2D eigenvalue weighted by molar-refractivity contribution is 5.76. The maximum Gasteiger partial charge on any atom is 0.315 e. The highest BCUT2D eigenvalue weighted by Gasteiger charge is 2.24. The van der Waals surface area contributed by atoms with Crippen molar-refractivity contribution < 1.29 is 9.59 Å². The molecule has 2 rings (SSSR count). The maximum absolute atomic E-state index is 12.1. The lowest BCUT2D eigenvalue weighted by Crippen LogP contribution is -2.43. The van der Waals surface area contributed by atoms with E-state index in [0.717, 1.165) is 51.6 Å². The molecule has 0 aromatic heterocycles. The van der Waals surface area contributed by atoms with Crippen molar-refractivity contribution in [3.8, 4) is 0 Å². The van der Waals surface area contributed by atoms with E-state index in [0.29, 0.717) is 31.5 Å². The second kappa shape index (κ2) is 10.5. The first-order valence-electron chi connectivity index (χ1n) is 9.71. The van der Waals surface area contributed by atoms with E-state index >= 15 is 0 Å². The predicted octanol–water partition coefficient (Wildman–Crippen LogP) is 1.99. The molecule has 2 fully saturated rings. The lowest BCUT2D eigenvalue weighted by molar-refractivity contribution is -0.130. The van der Waals surface area contributed by atoms with Crippen LogP contribution in [0.1, 0.15) is 64.2 Å². The standard InChI is InChI=1S/C18H34N4O2/c19-13-15-10-12-22(14-15)17(23)9-5-2-6-11-20-18(24)21-16-7-3-1-4-8-16/h15-16H,1-14,19H2,(H2,20,21,24). The van der Waals surface area contributed by atoms with E-state index in [1.807, 2.05) is 4.90 Å². The van der Waals surface area contributed by atoms with Gasteiger partial charge in [-0.3, -0.25) is 4.79 Å². The van der Waals surface area contributed by atoms with Gasteiger partial charge in [0.15, 0.2) is 0 Å². The number of unbranched alkanes of at least 4 members (excludes halogenated alkanes) is 2. The van der Waals surface area contributed by atoms with Gasteiger partial charge in [0.1, 0.15) is 0 Å². The molecule has 0 spiro atoms. The minimum atomic E-state index is -0.0390. The van der Waals surface area contributed by atoms with Gasteiger partial charge in [-0.1, -0.05) is 25.7 Å². The molecule has 1 saturated heterocycles. The van der Waals surface area contributed by atoms with Gasteiger partial charge in [0, 0.05) is 32.1 Å². The average molecular weight is 338 g/mol. The number of rotatable bonds is 8. The average Bonchev–Trinajstić information content (AvgIpc) is 3.08. The van der Waals surface area contributed by atoms with Gasteiger partial charge in [0.2, 0.25) is 5.91 Å². The molecule has 3 amide bonds. The van der Waals surface area contributed by atoms with Gasteiger partial charge >= 0.3 is 6.03 Å². The Morgan fingerprint density at radius 2 is 1.83 bits per heavy atom. The molecule has 6 heteroatoms. The summed E-state index contributed by atoms with van der Waals surface area (Å²) in [4.78, 5) is 25.8. The summed E-state index contributed by atoms with van der Waals surface area (Å²) in [5.74, 6) is 0.745. The number of amides is 3. The van der Waals surface area contributed by atoms with Gasteiger partial charge < -0.3 is 21.3 Å². The molecule has 1 atom stereocenters. The van der Waals surface area contributed by atoms with Crippen LogP contribution in [0.3, 0.4) is 0 Å². The van der Waals surface area contributed by atoms with E-state index in [-0.39, 0.29) is 11.9 Å². The van der Waals surface area contributed by atoms with E-state index in [9.17, 15) is 9.59 Å². The fourth-order valence-electron chi connectivity index (χ4n) is 3.67. The zero-order chi connectivity index (χ0) is 17.2. The molecular formula is C18H34N4O2. The van der Waals surface area contributed by atoms with E-state index in [1.165, 1.54) is 19.3 Å². The fraction of sp³-hybridized carbons (Fsp3) is 0.889. The molecule has 0 aromatic carbocycles. The second-order valence-electron chi connectivity index (χ2n) is 7.28. The van der Waals surface area contributed by atoms with Crippen LogP contribution in [-0.4, -0.2) is 49.1 Å². The summed E-state index contributed by atoms with van der Waals surface area (Å²) in [7, 11) is 0. The number of nitrogens with one attached hydrogen (secondary N) is 2. The van der Waals surface area contributed by atoms with Crippen LogP contribution in [0.25, 0.3) is 0 Å². The monoisotopic (exact) mass is 338 g/mol. The number of hydrogen-bond donors (Lipinski definition) is 3. The maximum atomic E-state index is 12.1. The zero-order valence-electron chi connectivity index (χ0n) is 14.9. The Hall–Kier alpha value is -1.30. The van der Waals surface area contributed by atoms with Crippen LogP contribution in [0.2, 0.25) is 0 Å². The van der Waals surface area contributed by atoms with Crippen molar-refractivity contribution in [3.63, 3.8) is 0 Å². The molecular weight excluding hydrogens is 304 g/mol. The van der Waals surface area contributed by atoms with Gasteiger partial charge in [-0.25, -0.2) is 4.79 Å². The minimum absolute atomic E-state index is 0.0390. The molecule has 24 heavy (non-hydrogen) atoms. The molecule has 4 N–H and O–H groups in total. The van der Waals surface area contributed by atoms with Crippen molar-refractivity contribution in [2.75, 3.05) is 26.2 Å². The molecule has 6 nitrogen and oxygen atoms in total. The van der Waals surface area contributed by atoms with Gasteiger partial charge in [-0.05, 0) is 44.6 Å². The van der Waals surface area contributed by atoms with E-state index in [2.05, 4.69) is 10.6 Å². The van der Waals surface area contributed by atoms with Crippen molar-refractivity contribution >= 4 is 11.9 Å². The van der Waals surface area contributed by atoms with E-state index in [1.54, 1.807) is 0 Å². The lowest BCUT2D eigenvalue weighted by atomic mass is 9.96. The molecule has 1 unspecified atom stereocenters. The number of likely N-dealkylation sites (tertiary alicyclic amines) is 1. The van der Waals surface area contributed by atoms with Crippen LogP contribution < -0.4 is 16.4 Å². The number of nitrogens with zero attached hydrogens (tertiary/aromatic N) is 1. The molecule has 0 aromatic rings. The summed E-state index contributed by atoms with van der Waals surface area (Å²) in [5.41, 5.74) is 5.66. The Kier molecular flexibility index (Phi) is 8.36. The predicted molar refractivity (Wildman–Crippen MR) is 95.6 cm³/mol. The third-order valence-electron chi connectivity index (χ3n) is 5.27. The Morgan fingerprint density at radius 3 is 2.54 bits per heavy atom. The fourth-order valence-corrected chi connectivity index (χ4v) is 3.67. The van der Waals surface area contributed by atoms with Gasteiger partial charge in [0.25, 0.3) is 0 Å². The Balaban J connectivity index is 1.45. The van der Waals surface area contributed by atoms with Crippen molar-refractivity contribution in [1.29, 1.82) is 0 Å². The Morgan fingerprint density at radius 1 is 1.04 bits per heavy atom. The summed E-state index contributed by atoms with van der Waals surface area (Å²) in [6.45, 7) is 3.06. The first-order valence-corrected chi connectivity index (χ1v) is 9.71. The van der Waals surface area contributed by atoms with E-state index < -0.39 is 0 Å². The summed E-state index contributed by atoms with van der Waals surface area (Å²) < 4.78 is 0. The SMILES string of the molecule is NCC1CCN(C(=O)CCCCCNC(=O)NC2CCCCC2)C1. The summed E-state index contributed by atoms with van der Waals surface area (Å²) in [5, 5.41) is 5.98. The molecule has 1 aliphatic carbocycles. The van der Waals surface area contributed by atoms with E-state index in [4.69, 9.17) is 5.73 Å². The minimum Gasteiger partial charge on any atom is -0.342 e. The lowest BCUT2D eigenvalue weighted by Gasteiger charge is -2.22.